The molecule has 1 rings (SSSR count). The first-order valence-corrected chi connectivity index (χ1v) is 4.28. The number of hydrogen-bond acceptors (Lipinski definition) is 3. The van der Waals surface area contributed by atoms with E-state index in [1.54, 1.807) is 0 Å². The summed E-state index contributed by atoms with van der Waals surface area (Å²) in [4.78, 5) is 2.49. The lowest BCUT2D eigenvalue weighted by molar-refractivity contribution is -0.252. The predicted molar refractivity (Wildman–Crippen MR) is 43.1 cm³/mol. The van der Waals surface area contributed by atoms with Crippen LogP contribution in [0, 0.1) is 0 Å². The van der Waals surface area contributed by atoms with Gasteiger partial charge in [-0.1, -0.05) is 0 Å². The zero-order valence-corrected chi connectivity index (χ0v) is 7.35. The highest BCUT2D eigenvalue weighted by molar-refractivity contribution is 4.73. The van der Waals surface area contributed by atoms with Crippen molar-refractivity contribution in [3.63, 3.8) is 0 Å². The van der Waals surface area contributed by atoms with Crippen molar-refractivity contribution >= 4 is 0 Å². The Bertz CT molecular complexity index is 152. The first-order valence-electron chi connectivity index (χ1n) is 4.28. The van der Waals surface area contributed by atoms with Gasteiger partial charge in [-0.05, 0) is 0 Å². The number of alkyl halides is 3. The first kappa shape index (κ1) is 10.7. The molecule has 1 aliphatic heterocycles. The number of halogens is 3. The minimum atomic E-state index is -4.17. The van der Waals surface area contributed by atoms with Crippen LogP contribution in [0.25, 0.3) is 0 Å². The van der Waals surface area contributed by atoms with Crippen molar-refractivity contribution in [3.05, 3.63) is 0 Å². The minimum absolute atomic E-state index is 0.0590. The Morgan fingerprint density at radius 1 is 1.08 bits per heavy atom. The van der Waals surface area contributed by atoms with Crippen molar-refractivity contribution in [2.24, 2.45) is 5.73 Å². The maximum absolute atomic E-state index is 12.1. The second kappa shape index (κ2) is 4.26. The molecule has 2 N–H and O–H groups in total. The molecule has 0 unspecified atom stereocenters. The number of nitrogens with two attached hydrogens (primary N) is 1. The lowest BCUT2D eigenvalue weighted by atomic mass is 10.3. The summed E-state index contributed by atoms with van der Waals surface area (Å²) >= 11 is 0. The molecule has 0 aromatic heterocycles. The van der Waals surface area contributed by atoms with Crippen LogP contribution in [0.5, 0.6) is 0 Å². The number of hydrogen-bond donors (Lipinski definition) is 1. The van der Waals surface area contributed by atoms with E-state index in [9.17, 15) is 13.2 Å². The van der Waals surface area contributed by atoms with Gasteiger partial charge in [-0.15, -0.1) is 0 Å². The van der Waals surface area contributed by atoms with Crippen molar-refractivity contribution in [1.82, 2.24) is 9.80 Å². The molecule has 1 saturated heterocycles. The molecule has 78 valence electrons. The molecule has 3 nitrogen and oxygen atoms in total. The Kier molecular flexibility index (Phi) is 3.52. The van der Waals surface area contributed by atoms with Gasteiger partial charge in [0, 0.05) is 39.3 Å². The third-order valence-corrected chi connectivity index (χ3v) is 2.18. The molecule has 1 heterocycles. The molecule has 0 amide bonds. The molecule has 1 aliphatic rings. The minimum Gasteiger partial charge on any atom is -0.329 e. The summed E-state index contributed by atoms with van der Waals surface area (Å²) in [5.74, 6) is 0. The van der Waals surface area contributed by atoms with Gasteiger partial charge in [0.1, 0.15) is 0 Å². The Labute approximate surface area is 75.3 Å². The van der Waals surface area contributed by atoms with Crippen LogP contribution in [0.15, 0.2) is 0 Å². The van der Waals surface area contributed by atoms with Gasteiger partial charge in [-0.3, -0.25) is 4.90 Å². The standard InChI is InChI=1S/C7H14F3N3/c8-7(9,10)13-5-3-12(2-1-11)4-6-13/h1-6,11H2. The van der Waals surface area contributed by atoms with Gasteiger partial charge in [0.05, 0.1) is 0 Å². The first-order chi connectivity index (χ1) is 6.04. The summed E-state index contributed by atoms with van der Waals surface area (Å²) in [7, 11) is 0. The molecular weight excluding hydrogens is 183 g/mol. The van der Waals surface area contributed by atoms with E-state index in [1.165, 1.54) is 0 Å². The van der Waals surface area contributed by atoms with Crippen LogP contribution in [0.3, 0.4) is 0 Å². The molecule has 0 aliphatic carbocycles. The molecule has 6 heteroatoms. The second-order valence-electron chi connectivity index (χ2n) is 3.09. The molecule has 0 spiro atoms. The van der Waals surface area contributed by atoms with Gasteiger partial charge in [0.25, 0.3) is 0 Å². The van der Waals surface area contributed by atoms with Crippen LogP contribution in [0.2, 0.25) is 0 Å². The van der Waals surface area contributed by atoms with Gasteiger partial charge < -0.3 is 5.73 Å². The van der Waals surface area contributed by atoms with E-state index in [-0.39, 0.29) is 13.1 Å². The maximum Gasteiger partial charge on any atom is 0.460 e. The summed E-state index contributed by atoms with van der Waals surface area (Å²) in [6, 6.07) is 0. The lowest BCUT2D eigenvalue weighted by Crippen LogP contribution is -2.52. The van der Waals surface area contributed by atoms with Crippen LogP contribution >= 0.6 is 0 Å². The average Bonchev–Trinajstić information content (AvgIpc) is 2.04. The van der Waals surface area contributed by atoms with E-state index >= 15 is 0 Å². The molecule has 0 radical (unpaired) electrons. The topological polar surface area (TPSA) is 32.5 Å². The molecule has 0 bridgehead atoms. The molecule has 0 atom stereocenters. The van der Waals surface area contributed by atoms with Gasteiger partial charge in [0.2, 0.25) is 0 Å². The highest BCUT2D eigenvalue weighted by Crippen LogP contribution is 2.22. The number of nitrogens with zero attached hydrogens (tertiary/aromatic N) is 2. The lowest BCUT2D eigenvalue weighted by Gasteiger charge is -2.35. The van der Waals surface area contributed by atoms with Gasteiger partial charge >= 0.3 is 6.30 Å². The van der Waals surface area contributed by atoms with Gasteiger partial charge in [0.15, 0.2) is 0 Å². The van der Waals surface area contributed by atoms with E-state index in [0.29, 0.717) is 31.1 Å². The second-order valence-corrected chi connectivity index (χ2v) is 3.09. The molecule has 13 heavy (non-hydrogen) atoms. The zero-order chi connectivity index (χ0) is 9.90. The van der Waals surface area contributed by atoms with Crippen molar-refractivity contribution in [2.45, 2.75) is 6.30 Å². The Balaban J connectivity index is 2.30. The van der Waals surface area contributed by atoms with E-state index in [0.717, 1.165) is 0 Å². The normalized spacial score (nSPS) is 22.2. The SMILES string of the molecule is NCCN1CCN(C(F)(F)F)CC1. The van der Waals surface area contributed by atoms with Crippen LogP contribution in [-0.4, -0.2) is 55.4 Å². The Morgan fingerprint density at radius 2 is 1.62 bits per heavy atom. The zero-order valence-electron chi connectivity index (χ0n) is 7.35. The summed E-state index contributed by atoms with van der Waals surface area (Å²) in [5, 5.41) is 0. The summed E-state index contributed by atoms with van der Waals surface area (Å²) in [6.07, 6.45) is -4.17. The fraction of sp³-hybridized carbons (Fsp3) is 1.00. The van der Waals surface area contributed by atoms with Crippen molar-refractivity contribution in [2.75, 3.05) is 39.3 Å². The number of rotatable bonds is 2. The summed E-state index contributed by atoms with van der Waals surface area (Å²) in [6.45, 7) is 2.22. The van der Waals surface area contributed by atoms with E-state index in [2.05, 4.69) is 0 Å². The molecule has 1 fully saturated rings. The summed E-state index contributed by atoms with van der Waals surface area (Å²) < 4.78 is 36.4. The average molecular weight is 197 g/mol. The fourth-order valence-electron chi connectivity index (χ4n) is 1.41. The van der Waals surface area contributed by atoms with Crippen LogP contribution < -0.4 is 5.73 Å². The highest BCUT2D eigenvalue weighted by Gasteiger charge is 2.38. The summed E-state index contributed by atoms with van der Waals surface area (Å²) in [5.41, 5.74) is 5.30. The van der Waals surface area contributed by atoms with Crippen molar-refractivity contribution in [3.8, 4) is 0 Å². The highest BCUT2D eigenvalue weighted by atomic mass is 19.4. The van der Waals surface area contributed by atoms with Gasteiger partial charge in [-0.2, -0.15) is 13.2 Å². The Morgan fingerprint density at radius 3 is 2.00 bits per heavy atom. The van der Waals surface area contributed by atoms with Gasteiger partial charge in [-0.25, -0.2) is 4.90 Å². The largest absolute Gasteiger partial charge is 0.460 e. The molecular formula is C7H14F3N3. The van der Waals surface area contributed by atoms with E-state index in [1.807, 2.05) is 4.90 Å². The third kappa shape index (κ3) is 3.13. The molecule has 0 aromatic carbocycles. The quantitative estimate of drug-likeness (QED) is 0.636. The van der Waals surface area contributed by atoms with Crippen LogP contribution in [0.4, 0.5) is 13.2 Å². The van der Waals surface area contributed by atoms with E-state index in [4.69, 9.17) is 5.73 Å². The fourth-order valence-corrected chi connectivity index (χ4v) is 1.41. The number of piperazine rings is 1. The monoisotopic (exact) mass is 197 g/mol. The predicted octanol–water partition coefficient (Wildman–Crippen LogP) is 0.0825. The third-order valence-electron chi connectivity index (χ3n) is 2.18. The van der Waals surface area contributed by atoms with Crippen molar-refractivity contribution in [1.29, 1.82) is 0 Å². The van der Waals surface area contributed by atoms with Crippen molar-refractivity contribution < 1.29 is 13.2 Å². The van der Waals surface area contributed by atoms with E-state index < -0.39 is 6.30 Å². The molecule has 0 saturated carbocycles. The Hall–Kier alpha value is -0.330. The van der Waals surface area contributed by atoms with Crippen LogP contribution in [0.1, 0.15) is 0 Å². The smallest absolute Gasteiger partial charge is 0.329 e. The van der Waals surface area contributed by atoms with Crippen LogP contribution in [-0.2, 0) is 0 Å². The molecule has 0 aromatic rings. The maximum atomic E-state index is 12.1.